The number of nitrogens with one attached hydrogen (secondary N) is 1. The van der Waals surface area contributed by atoms with E-state index in [1.807, 2.05) is 18.2 Å². The average Bonchev–Trinajstić information content (AvgIpc) is 2.92. The molecule has 0 unspecified atom stereocenters. The molecular formula is C17H15Br2NO3S. The first-order chi connectivity index (χ1) is 11.5. The van der Waals surface area contributed by atoms with E-state index in [2.05, 4.69) is 43.2 Å². The molecule has 4 nitrogen and oxygen atoms in total. The second-order valence-electron chi connectivity index (χ2n) is 5.52. The molecule has 1 aliphatic carbocycles. The van der Waals surface area contributed by atoms with Crippen LogP contribution in [0.3, 0.4) is 0 Å². The van der Waals surface area contributed by atoms with Crippen molar-refractivity contribution >= 4 is 55.1 Å². The van der Waals surface area contributed by atoms with Gasteiger partial charge in [-0.2, -0.15) is 0 Å². The highest BCUT2D eigenvalue weighted by Gasteiger charge is 2.22. The van der Waals surface area contributed by atoms with E-state index in [0.29, 0.717) is 4.88 Å². The number of hydrogen-bond donors (Lipinski definition) is 1. The second-order valence-corrected chi connectivity index (χ2v) is 8.74. The number of ether oxygens (including phenoxy) is 1. The van der Waals surface area contributed by atoms with Crippen LogP contribution in [0.15, 0.2) is 38.6 Å². The maximum Gasteiger partial charge on any atom is 0.348 e. The number of hydrogen-bond acceptors (Lipinski definition) is 4. The Morgan fingerprint density at radius 2 is 2.08 bits per heavy atom. The lowest BCUT2D eigenvalue weighted by atomic mass is 9.88. The Kier molecular flexibility index (Phi) is 5.73. The number of fused-ring (bicyclic) bond motifs is 1. The third-order valence-corrected chi connectivity index (χ3v) is 7.12. The van der Waals surface area contributed by atoms with Crippen LogP contribution < -0.4 is 5.32 Å². The molecule has 1 aliphatic rings. The van der Waals surface area contributed by atoms with Gasteiger partial charge in [0.15, 0.2) is 6.61 Å². The molecule has 7 heteroatoms. The van der Waals surface area contributed by atoms with Crippen molar-refractivity contribution < 1.29 is 14.3 Å². The molecule has 2 aromatic rings. The predicted molar refractivity (Wildman–Crippen MR) is 100 cm³/mol. The Labute approximate surface area is 160 Å². The summed E-state index contributed by atoms with van der Waals surface area (Å²) in [4.78, 5) is 24.5. The van der Waals surface area contributed by atoms with Crippen LogP contribution in [0.2, 0.25) is 0 Å². The summed E-state index contributed by atoms with van der Waals surface area (Å²) in [6, 6.07) is 9.81. The van der Waals surface area contributed by atoms with Gasteiger partial charge in [-0.25, -0.2) is 4.79 Å². The molecule has 0 spiro atoms. The van der Waals surface area contributed by atoms with E-state index in [0.717, 1.165) is 33.1 Å². The standard InChI is InChI=1S/C17H15Br2NO3S/c18-12-8-14(24-16(12)19)17(22)23-9-15(21)20-13-7-3-5-10-4-1-2-6-11(10)13/h1-2,4,6,8,13H,3,5,7,9H2,(H,20,21)/t13-/m0/s1. The van der Waals surface area contributed by atoms with Crippen molar-refractivity contribution in [1.29, 1.82) is 0 Å². The molecule has 1 aromatic carbocycles. The zero-order valence-corrected chi connectivity index (χ0v) is 16.7. The summed E-state index contributed by atoms with van der Waals surface area (Å²) >= 11 is 7.92. The fourth-order valence-corrected chi connectivity index (χ4v) is 4.72. The maximum atomic E-state index is 12.1. The number of halogens is 2. The number of thiophene rings is 1. The van der Waals surface area contributed by atoms with E-state index in [1.165, 1.54) is 16.9 Å². The van der Waals surface area contributed by atoms with Gasteiger partial charge < -0.3 is 10.1 Å². The molecule has 0 bridgehead atoms. The highest BCUT2D eigenvalue weighted by molar-refractivity contribution is 9.13. The molecule has 0 radical (unpaired) electrons. The van der Waals surface area contributed by atoms with Crippen molar-refractivity contribution in [3.63, 3.8) is 0 Å². The zero-order valence-electron chi connectivity index (χ0n) is 12.7. The van der Waals surface area contributed by atoms with Gasteiger partial charge in [0.1, 0.15) is 4.88 Å². The molecule has 0 saturated carbocycles. The van der Waals surface area contributed by atoms with Crippen molar-refractivity contribution in [2.24, 2.45) is 0 Å². The smallest absolute Gasteiger partial charge is 0.348 e. The Morgan fingerprint density at radius 1 is 1.29 bits per heavy atom. The fraction of sp³-hybridized carbons (Fsp3) is 0.294. The Morgan fingerprint density at radius 3 is 2.83 bits per heavy atom. The van der Waals surface area contributed by atoms with Gasteiger partial charge in [-0.1, -0.05) is 24.3 Å². The minimum Gasteiger partial charge on any atom is -0.451 e. The van der Waals surface area contributed by atoms with E-state index < -0.39 is 5.97 Å². The molecule has 24 heavy (non-hydrogen) atoms. The summed E-state index contributed by atoms with van der Waals surface area (Å²) in [7, 11) is 0. The summed E-state index contributed by atoms with van der Waals surface area (Å²) in [5, 5.41) is 2.97. The first-order valence-corrected chi connectivity index (χ1v) is 9.94. The van der Waals surface area contributed by atoms with Crippen LogP contribution in [0.5, 0.6) is 0 Å². The minimum absolute atomic E-state index is 0.00817. The monoisotopic (exact) mass is 471 g/mol. The van der Waals surface area contributed by atoms with Crippen LogP contribution >= 0.6 is 43.2 Å². The zero-order chi connectivity index (χ0) is 17.1. The number of aryl methyl sites for hydroxylation is 1. The van der Waals surface area contributed by atoms with Gasteiger partial charge in [-0.3, -0.25) is 4.79 Å². The highest BCUT2D eigenvalue weighted by Crippen LogP contribution is 2.33. The summed E-state index contributed by atoms with van der Waals surface area (Å²) < 4.78 is 6.72. The number of benzene rings is 1. The van der Waals surface area contributed by atoms with Gasteiger partial charge in [0.05, 0.1) is 9.83 Å². The van der Waals surface area contributed by atoms with Crippen LogP contribution in [0, 0.1) is 0 Å². The van der Waals surface area contributed by atoms with E-state index in [-0.39, 0.29) is 18.6 Å². The largest absolute Gasteiger partial charge is 0.451 e. The van der Waals surface area contributed by atoms with Gasteiger partial charge >= 0.3 is 5.97 Å². The molecule has 1 heterocycles. The van der Waals surface area contributed by atoms with E-state index in [4.69, 9.17) is 4.74 Å². The van der Waals surface area contributed by atoms with Crippen molar-refractivity contribution in [2.75, 3.05) is 6.61 Å². The topological polar surface area (TPSA) is 55.4 Å². The van der Waals surface area contributed by atoms with E-state index in [1.54, 1.807) is 6.07 Å². The number of esters is 1. The van der Waals surface area contributed by atoms with Gasteiger partial charge in [0.2, 0.25) is 0 Å². The molecular weight excluding hydrogens is 458 g/mol. The molecule has 1 N–H and O–H groups in total. The average molecular weight is 473 g/mol. The summed E-state index contributed by atoms with van der Waals surface area (Å²) in [6.45, 7) is -0.273. The van der Waals surface area contributed by atoms with Crippen molar-refractivity contribution in [2.45, 2.75) is 25.3 Å². The van der Waals surface area contributed by atoms with Gasteiger partial charge in [-0.15, -0.1) is 11.3 Å². The molecule has 0 aliphatic heterocycles. The van der Waals surface area contributed by atoms with Crippen LogP contribution in [-0.4, -0.2) is 18.5 Å². The van der Waals surface area contributed by atoms with Crippen molar-refractivity contribution in [1.82, 2.24) is 5.32 Å². The van der Waals surface area contributed by atoms with Crippen molar-refractivity contribution in [3.05, 3.63) is 54.6 Å². The molecule has 3 rings (SSSR count). The number of rotatable bonds is 4. The molecule has 0 fully saturated rings. The van der Waals surface area contributed by atoms with Crippen molar-refractivity contribution in [3.8, 4) is 0 Å². The third kappa shape index (κ3) is 4.07. The molecule has 1 amide bonds. The lowest BCUT2D eigenvalue weighted by molar-refractivity contribution is -0.125. The second kappa shape index (κ2) is 7.80. The lowest BCUT2D eigenvalue weighted by Gasteiger charge is -2.26. The molecule has 126 valence electrons. The number of carbonyl (C=O) groups is 2. The first kappa shape index (κ1) is 17.6. The minimum atomic E-state index is -0.495. The van der Waals surface area contributed by atoms with Crippen LogP contribution in [0.4, 0.5) is 0 Å². The Hall–Kier alpha value is -1.18. The van der Waals surface area contributed by atoms with E-state index >= 15 is 0 Å². The summed E-state index contributed by atoms with van der Waals surface area (Å²) in [5.41, 5.74) is 2.44. The normalized spacial score (nSPS) is 16.3. The third-order valence-electron chi connectivity index (χ3n) is 3.89. The SMILES string of the molecule is O=C(COC(=O)c1cc(Br)c(Br)s1)N[C@H]1CCCc2ccccc21. The van der Waals surface area contributed by atoms with Gasteiger partial charge in [0, 0.05) is 4.47 Å². The van der Waals surface area contributed by atoms with E-state index in [9.17, 15) is 9.59 Å². The lowest BCUT2D eigenvalue weighted by Crippen LogP contribution is -2.34. The number of amides is 1. The molecule has 1 atom stereocenters. The fourth-order valence-electron chi connectivity index (χ4n) is 2.79. The highest BCUT2D eigenvalue weighted by atomic mass is 79.9. The number of carbonyl (C=O) groups excluding carboxylic acids is 2. The van der Waals surface area contributed by atoms with Crippen LogP contribution in [0.1, 0.15) is 39.7 Å². The molecule has 1 aromatic heterocycles. The van der Waals surface area contributed by atoms with Gasteiger partial charge in [-0.05, 0) is 68.3 Å². The predicted octanol–water partition coefficient (Wildman–Crippen LogP) is 4.62. The maximum absolute atomic E-state index is 12.1. The molecule has 0 saturated heterocycles. The Balaban J connectivity index is 1.56. The summed E-state index contributed by atoms with van der Waals surface area (Å²) in [6.07, 6.45) is 2.99. The van der Waals surface area contributed by atoms with Crippen LogP contribution in [-0.2, 0) is 16.0 Å². The summed E-state index contributed by atoms with van der Waals surface area (Å²) in [5.74, 6) is -0.773. The van der Waals surface area contributed by atoms with Crippen LogP contribution in [0.25, 0.3) is 0 Å². The Bertz CT molecular complexity index is 755. The quantitative estimate of drug-likeness (QED) is 0.660. The van der Waals surface area contributed by atoms with Gasteiger partial charge in [0.25, 0.3) is 5.91 Å². The first-order valence-electron chi connectivity index (χ1n) is 7.53.